The Hall–Kier alpha value is -1.73. The fourth-order valence-electron chi connectivity index (χ4n) is 1.59. The number of methoxy groups -OCH3 is 1. The molecule has 1 aromatic rings. The molecule has 140 valence electrons. The van der Waals surface area contributed by atoms with Gasteiger partial charge in [-0.05, 0) is 41.1 Å². The van der Waals surface area contributed by atoms with Gasteiger partial charge in [0.15, 0.2) is 0 Å². The van der Waals surface area contributed by atoms with Gasteiger partial charge in [0.25, 0.3) is 0 Å². The highest BCUT2D eigenvalue weighted by molar-refractivity contribution is 14.1. The maximum atomic E-state index is 12.3. The summed E-state index contributed by atoms with van der Waals surface area (Å²) in [5.41, 5.74) is -0.0441. The molecule has 0 saturated heterocycles. The SMILES string of the molecule is COc1cc(CCNC(=O)C(F)(F)F)c(OC(=O)C(F)(F)F)cc1I. The third kappa shape index (κ3) is 6.25. The minimum atomic E-state index is -5.24. The molecule has 1 N–H and O–H groups in total. The smallest absolute Gasteiger partial charge is 0.491 e. The fraction of sp³-hybridized carbons (Fsp3) is 0.385. The van der Waals surface area contributed by atoms with E-state index < -0.39 is 36.5 Å². The zero-order chi connectivity index (χ0) is 19.4. The first kappa shape index (κ1) is 21.3. The minimum absolute atomic E-state index is 0.0441. The Morgan fingerprint density at radius 3 is 2.16 bits per heavy atom. The molecule has 0 unspecified atom stereocenters. The molecular formula is C13H10F6INO4. The van der Waals surface area contributed by atoms with E-state index in [0.29, 0.717) is 3.57 Å². The van der Waals surface area contributed by atoms with Crippen LogP contribution in [0.5, 0.6) is 11.5 Å². The van der Waals surface area contributed by atoms with Gasteiger partial charge in [-0.15, -0.1) is 0 Å². The third-order valence-electron chi connectivity index (χ3n) is 2.71. The summed E-state index contributed by atoms with van der Waals surface area (Å²) in [6.45, 7) is -0.543. The van der Waals surface area contributed by atoms with Crippen LogP contribution in [0.25, 0.3) is 0 Å². The van der Waals surface area contributed by atoms with E-state index in [2.05, 4.69) is 4.74 Å². The molecule has 0 saturated carbocycles. The summed E-state index contributed by atoms with van der Waals surface area (Å²) in [6, 6.07) is 2.28. The van der Waals surface area contributed by atoms with Gasteiger partial charge in [0.05, 0.1) is 10.7 Å². The Morgan fingerprint density at radius 2 is 1.68 bits per heavy atom. The molecule has 0 fully saturated rings. The standard InChI is InChI=1S/C13H10F6INO4/c1-24-9-4-6(2-3-21-10(22)12(14,15)16)8(5-7(9)20)25-11(23)13(17,18)19/h4-5H,2-3H2,1H3,(H,21,22). The Kier molecular flexibility index (Phi) is 6.90. The van der Waals surface area contributed by atoms with Crippen LogP contribution in [0.1, 0.15) is 5.56 Å². The molecule has 0 spiro atoms. The molecule has 12 heteroatoms. The number of nitrogens with one attached hydrogen (secondary N) is 1. The molecule has 25 heavy (non-hydrogen) atoms. The molecule has 0 heterocycles. The van der Waals surface area contributed by atoms with Crippen LogP contribution in [0.3, 0.4) is 0 Å². The Bertz CT molecular complexity index is 659. The maximum Gasteiger partial charge on any atom is 0.491 e. The van der Waals surface area contributed by atoms with E-state index in [9.17, 15) is 35.9 Å². The number of carbonyl (C=O) groups is 2. The van der Waals surface area contributed by atoms with Crippen molar-refractivity contribution in [3.63, 3.8) is 0 Å². The van der Waals surface area contributed by atoms with Crippen molar-refractivity contribution in [2.45, 2.75) is 18.8 Å². The summed E-state index contributed by atoms with van der Waals surface area (Å²) < 4.78 is 82.8. The fourth-order valence-corrected chi connectivity index (χ4v) is 2.25. The number of carbonyl (C=O) groups excluding carboxylic acids is 2. The molecule has 0 aliphatic rings. The Labute approximate surface area is 150 Å². The second-order valence-corrected chi connectivity index (χ2v) is 5.65. The Morgan fingerprint density at radius 1 is 1.08 bits per heavy atom. The number of hydrogen-bond donors (Lipinski definition) is 1. The van der Waals surface area contributed by atoms with E-state index >= 15 is 0 Å². The van der Waals surface area contributed by atoms with E-state index in [-0.39, 0.29) is 17.7 Å². The second-order valence-electron chi connectivity index (χ2n) is 4.49. The average molecular weight is 485 g/mol. The molecule has 0 aromatic heterocycles. The van der Waals surface area contributed by atoms with Crippen LogP contribution in [0.15, 0.2) is 12.1 Å². The van der Waals surface area contributed by atoms with E-state index in [1.54, 1.807) is 27.9 Å². The van der Waals surface area contributed by atoms with E-state index in [0.717, 1.165) is 6.07 Å². The summed E-state index contributed by atoms with van der Waals surface area (Å²) in [6.07, 6.45) is -10.7. The highest BCUT2D eigenvalue weighted by Crippen LogP contribution is 2.32. The summed E-state index contributed by atoms with van der Waals surface area (Å²) in [5.74, 6) is -4.95. The number of hydrogen-bond acceptors (Lipinski definition) is 4. The predicted octanol–water partition coefficient (Wildman–Crippen LogP) is 2.99. The number of benzene rings is 1. The number of ether oxygens (including phenoxy) is 2. The van der Waals surface area contributed by atoms with Crippen LogP contribution >= 0.6 is 22.6 Å². The summed E-state index contributed by atoms with van der Waals surface area (Å²) in [5, 5.41) is 1.56. The van der Waals surface area contributed by atoms with Crippen LogP contribution in [-0.4, -0.2) is 37.9 Å². The summed E-state index contributed by atoms with van der Waals surface area (Å²) >= 11 is 1.71. The third-order valence-corrected chi connectivity index (χ3v) is 3.55. The van der Waals surface area contributed by atoms with E-state index in [1.165, 1.54) is 13.2 Å². The van der Waals surface area contributed by atoms with Crippen LogP contribution in [-0.2, 0) is 16.0 Å². The lowest BCUT2D eigenvalue weighted by atomic mass is 10.1. The molecule has 0 atom stereocenters. The maximum absolute atomic E-state index is 12.3. The van der Waals surface area contributed by atoms with Crippen LogP contribution in [0, 0.1) is 3.57 Å². The molecule has 1 amide bonds. The first-order valence-corrected chi connectivity index (χ1v) is 7.44. The van der Waals surface area contributed by atoms with Crippen LogP contribution < -0.4 is 14.8 Å². The first-order chi connectivity index (χ1) is 11.4. The van der Waals surface area contributed by atoms with Crippen molar-refractivity contribution < 1.29 is 45.4 Å². The molecular weight excluding hydrogens is 475 g/mol. The average Bonchev–Trinajstić information content (AvgIpc) is 2.47. The lowest BCUT2D eigenvalue weighted by molar-refractivity contribution is -0.189. The van der Waals surface area contributed by atoms with Gasteiger partial charge in [-0.25, -0.2) is 4.79 Å². The van der Waals surface area contributed by atoms with Crippen molar-refractivity contribution in [3.8, 4) is 11.5 Å². The molecule has 0 radical (unpaired) electrons. The molecule has 5 nitrogen and oxygen atoms in total. The van der Waals surface area contributed by atoms with Gasteiger partial charge in [-0.3, -0.25) is 4.79 Å². The van der Waals surface area contributed by atoms with Crippen molar-refractivity contribution in [3.05, 3.63) is 21.3 Å². The Balaban J connectivity index is 2.99. The van der Waals surface area contributed by atoms with Crippen molar-refractivity contribution in [2.24, 2.45) is 0 Å². The normalized spacial score (nSPS) is 11.8. The van der Waals surface area contributed by atoms with Gasteiger partial charge in [0, 0.05) is 12.1 Å². The van der Waals surface area contributed by atoms with Crippen molar-refractivity contribution in [1.29, 1.82) is 0 Å². The van der Waals surface area contributed by atoms with Crippen LogP contribution in [0.4, 0.5) is 26.3 Å². The lowest BCUT2D eigenvalue weighted by Crippen LogP contribution is -2.37. The van der Waals surface area contributed by atoms with Gasteiger partial charge in [0.1, 0.15) is 11.5 Å². The molecule has 0 bridgehead atoms. The molecule has 1 rings (SSSR count). The monoisotopic (exact) mass is 485 g/mol. The van der Waals surface area contributed by atoms with Gasteiger partial charge in [-0.1, -0.05) is 0 Å². The largest absolute Gasteiger partial charge is 0.496 e. The molecule has 1 aromatic carbocycles. The topological polar surface area (TPSA) is 64.6 Å². The van der Waals surface area contributed by atoms with E-state index in [1.807, 2.05) is 0 Å². The van der Waals surface area contributed by atoms with E-state index in [4.69, 9.17) is 4.74 Å². The quantitative estimate of drug-likeness (QED) is 0.302. The number of amides is 1. The zero-order valence-corrected chi connectivity index (χ0v) is 14.5. The number of alkyl halides is 6. The predicted molar refractivity (Wildman–Crippen MR) is 80.2 cm³/mol. The van der Waals surface area contributed by atoms with Gasteiger partial charge in [0.2, 0.25) is 0 Å². The van der Waals surface area contributed by atoms with Crippen LogP contribution in [0.2, 0.25) is 0 Å². The van der Waals surface area contributed by atoms with Gasteiger partial charge < -0.3 is 14.8 Å². The zero-order valence-electron chi connectivity index (χ0n) is 12.3. The molecule has 0 aliphatic carbocycles. The number of esters is 1. The van der Waals surface area contributed by atoms with Crippen molar-refractivity contribution in [1.82, 2.24) is 5.32 Å². The van der Waals surface area contributed by atoms with Gasteiger partial charge >= 0.3 is 24.2 Å². The summed E-state index contributed by atoms with van der Waals surface area (Å²) in [4.78, 5) is 21.7. The lowest BCUT2D eigenvalue weighted by Gasteiger charge is -2.15. The summed E-state index contributed by atoms with van der Waals surface area (Å²) in [7, 11) is 1.27. The number of halogens is 7. The minimum Gasteiger partial charge on any atom is -0.496 e. The second kappa shape index (κ2) is 8.10. The molecule has 0 aliphatic heterocycles. The highest BCUT2D eigenvalue weighted by Gasteiger charge is 2.42. The number of rotatable bonds is 5. The van der Waals surface area contributed by atoms with Crippen molar-refractivity contribution in [2.75, 3.05) is 13.7 Å². The van der Waals surface area contributed by atoms with Crippen molar-refractivity contribution >= 4 is 34.5 Å². The van der Waals surface area contributed by atoms with Gasteiger partial charge in [-0.2, -0.15) is 26.3 Å². The highest BCUT2D eigenvalue weighted by atomic mass is 127. The first-order valence-electron chi connectivity index (χ1n) is 6.36.